The van der Waals surface area contributed by atoms with Gasteiger partial charge in [0.15, 0.2) is 0 Å². The molecule has 0 fully saturated rings. The maximum absolute atomic E-state index is 2.52. The fraction of sp³-hybridized carbons (Fsp3) is 0.0455. The molecule has 0 amide bonds. The molecule has 1 aliphatic carbocycles. The molecule has 1 heterocycles. The van der Waals surface area contributed by atoms with E-state index < -0.39 is 0 Å². The highest BCUT2D eigenvalue weighted by Gasteiger charge is 2.38. The van der Waals surface area contributed by atoms with E-state index in [1.54, 1.807) is 0 Å². The van der Waals surface area contributed by atoms with E-state index in [9.17, 15) is 0 Å². The molecule has 0 aromatic heterocycles. The Labute approximate surface area is 269 Å². The number of para-hydroxylation sites is 1. The Hall–Kier alpha value is -5.86. The zero-order valence-corrected chi connectivity index (χ0v) is 25.4. The van der Waals surface area contributed by atoms with Crippen molar-refractivity contribution in [3.8, 4) is 11.1 Å². The van der Waals surface area contributed by atoms with Crippen molar-refractivity contribution in [1.82, 2.24) is 0 Å². The highest BCUT2D eigenvalue weighted by Crippen LogP contribution is 2.49. The summed E-state index contributed by atoms with van der Waals surface area (Å²) in [6, 6.07) is 61.8. The van der Waals surface area contributed by atoms with Gasteiger partial charge in [-0.25, -0.2) is 0 Å². The number of rotatable bonds is 5. The first-order valence-corrected chi connectivity index (χ1v) is 16.0. The first-order chi connectivity index (χ1) is 22.8. The van der Waals surface area contributed by atoms with E-state index in [-0.39, 0.29) is 12.0 Å². The third-order valence-electron chi connectivity index (χ3n) is 9.52. The van der Waals surface area contributed by atoms with Crippen LogP contribution in [-0.4, -0.2) is 6.04 Å². The van der Waals surface area contributed by atoms with Gasteiger partial charge in [0.25, 0.3) is 0 Å². The second-order valence-corrected chi connectivity index (χ2v) is 12.2. The van der Waals surface area contributed by atoms with E-state index in [1.807, 2.05) is 0 Å². The summed E-state index contributed by atoms with van der Waals surface area (Å²) in [5.41, 5.74) is 9.70. The second kappa shape index (κ2) is 10.9. The molecule has 0 spiro atoms. The average Bonchev–Trinajstić information content (AvgIpc) is 3.44. The molecule has 0 radical (unpaired) electrons. The Morgan fingerprint density at radius 1 is 0.435 bits per heavy atom. The van der Waals surface area contributed by atoms with E-state index in [4.69, 9.17) is 0 Å². The summed E-state index contributed by atoms with van der Waals surface area (Å²) in [5, 5.41) is 5.08. The van der Waals surface area contributed by atoms with Crippen LogP contribution in [0.1, 0.15) is 11.5 Å². The van der Waals surface area contributed by atoms with Gasteiger partial charge < -0.3 is 9.80 Å². The molecule has 2 atom stereocenters. The second-order valence-electron chi connectivity index (χ2n) is 12.2. The molecule has 9 rings (SSSR count). The first-order valence-electron chi connectivity index (χ1n) is 16.0. The van der Waals surface area contributed by atoms with Crippen LogP contribution in [0.3, 0.4) is 0 Å². The average molecular weight is 589 g/mol. The van der Waals surface area contributed by atoms with Crippen molar-refractivity contribution in [2.45, 2.75) is 12.0 Å². The van der Waals surface area contributed by atoms with Crippen molar-refractivity contribution in [2.24, 2.45) is 0 Å². The molecule has 46 heavy (non-hydrogen) atoms. The number of benzene rings is 7. The van der Waals surface area contributed by atoms with Gasteiger partial charge in [-0.15, -0.1) is 0 Å². The minimum Gasteiger partial charge on any atom is -0.333 e. The van der Waals surface area contributed by atoms with Gasteiger partial charge >= 0.3 is 0 Å². The van der Waals surface area contributed by atoms with Crippen molar-refractivity contribution >= 4 is 51.4 Å². The van der Waals surface area contributed by atoms with E-state index in [0.717, 1.165) is 17.1 Å². The van der Waals surface area contributed by atoms with E-state index in [1.165, 1.54) is 49.3 Å². The molecule has 2 unspecified atom stereocenters. The summed E-state index contributed by atoms with van der Waals surface area (Å²) in [7, 11) is 0. The fourth-order valence-corrected chi connectivity index (χ4v) is 7.33. The highest BCUT2D eigenvalue weighted by atomic mass is 15.2. The predicted octanol–water partition coefficient (Wildman–Crippen LogP) is 9.86. The normalized spacial score (nSPS) is 16.1. The van der Waals surface area contributed by atoms with Gasteiger partial charge in [-0.1, -0.05) is 127 Å². The Kier molecular flexibility index (Phi) is 6.31. The number of hydrogen-bond donors (Lipinski definition) is 0. The Bertz CT molecular complexity index is 2330. The van der Waals surface area contributed by atoms with Crippen molar-refractivity contribution in [3.05, 3.63) is 186 Å². The van der Waals surface area contributed by atoms with Crippen molar-refractivity contribution < 1.29 is 0 Å². The van der Waals surface area contributed by atoms with Crippen LogP contribution < -0.4 is 20.2 Å². The van der Waals surface area contributed by atoms with E-state index >= 15 is 0 Å². The lowest BCUT2D eigenvalue weighted by Crippen LogP contribution is -2.38. The zero-order valence-electron chi connectivity index (χ0n) is 25.4. The lowest BCUT2D eigenvalue weighted by atomic mass is 9.89. The summed E-state index contributed by atoms with van der Waals surface area (Å²) >= 11 is 0. The third kappa shape index (κ3) is 4.50. The SMILES string of the molecule is C1=c2ccccc2=CC2C1c1cc(N(c3ccc(-c4ccccc4)cc3)c3ccc4ccccc4c3)ccc1N2c1ccccc1. The van der Waals surface area contributed by atoms with Gasteiger partial charge in [-0.3, -0.25) is 0 Å². The number of fused-ring (bicyclic) bond motifs is 5. The maximum Gasteiger partial charge on any atom is 0.0635 e. The van der Waals surface area contributed by atoms with Crippen LogP contribution >= 0.6 is 0 Å². The summed E-state index contributed by atoms with van der Waals surface area (Å²) in [6.45, 7) is 0. The highest BCUT2D eigenvalue weighted by molar-refractivity contribution is 5.91. The van der Waals surface area contributed by atoms with Crippen molar-refractivity contribution in [3.63, 3.8) is 0 Å². The predicted molar refractivity (Wildman–Crippen MR) is 194 cm³/mol. The lowest BCUT2D eigenvalue weighted by molar-refractivity contribution is 0.802. The number of hydrogen-bond acceptors (Lipinski definition) is 2. The summed E-state index contributed by atoms with van der Waals surface area (Å²) < 4.78 is 0. The van der Waals surface area contributed by atoms with Crippen LogP contribution in [0.15, 0.2) is 170 Å². The van der Waals surface area contributed by atoms with Crippen molar-refractivity contribution in [1.29, 1.82) is 0 Å². The first kappa shape index (κ1) is 26.5. The molecule has 0 saturated heterocycles. The van der Waals surface area contributed by atoms with Gasteiger partial charge in [-0.2, -0.15) is 0 Å². The molecular formula is C44H32N2. The molecule has 2 aliphatic rings. The van der Waals surface area contributed by atoms with Crippen molar-refractivity contribution in [2.75, 3.05) is 9.80 Å². The van der Waals surface area contributed by atoms with Crippen LogP contribution in [0, 0.1) is 0 Å². The molecule has 0 N–H and O–H groups in total. The molecule has 2 heteroatoms. The number of anilines is 5. The molecule has 0 saturated carbocycles. The standard InChI is InChI=1S/C44H32N2/c1-3-11-31(12-4-1)33-19-22-38(23-20-33)45(39-24-21-32-13-7-8-14-34(32)27-39)40-25-26-43-42(30-40)41-28-35-15-9-10-16-36(35)29-44(41)46(43)37-17-5-2-6-18-37/h1-30,41,44H. The van der Waals surface area contributed by atoms with E-state index in [2.05, 4.69) is 192 Å². The molecular weight excluding hydrogens is 556 g/mol. The Morgan fingerprint density at radius 2 is 1.02 bits per heavy atom. The summed E-state index contributed by atoms with van der Waals surface area (Å²) in [6.07, 6.45) is 4.93. The summed E-state index contributed by atoms with van der Waals surface area (Å²) in [4.78, 5) is 4.92. The van der Waals surface area contributed by atoms with Gasteiger partial charge in [0.05, 0.1) is 6.04 Å². The third-order valence-corrected chi connectivity index (χ3v) is 9.52. The van der Waals surface area contributed by atoms with Gasteiger partial charge in [-0.05, 0) is 92.5 Å². The van der Waals surface area contributed by atoms with Crippen LogP contribution in [0.4, 0.5) is 28.4 Å². The molecule has 0 bridgehead atoms. The smallest absolute Gasteiger partial charge is 0.0635 e. The maximum atomic E-state index is 2.52. The topological polar surface area (TPSA) is 6.48 Å². The molecule has 7 aromatic rings. The van der Waals surface area contributed by atoms with Crippen LogP contribution in [0.2, 0.25) is 0 Å². The van der Waals surface area contributed by atoms with Crippen LogP contribution in [0.25, 0.3) is 34.1 Å². The molecule has 1 aliphatic heterocycles. The summed E-state index contributed by atoms with van der Waals surface area (Å²) in [5.74, 6) is 0.240. The Morgan fingerprint density at radius 3 is 1.80 bits per heavy atom. The largest absolute Gasteiger partial charge is 0.333 e. The Balaban J connectivity index is 1.22. The monoisotopic (exact) mass is 588 g/mol. The van der Waals surface area contributed by atoms with Crippen LogP contribution in [-0.2, 0) is 0 Å². The zero-order chi connectivity index (χ0) is 30.5. The minimum absolute atomic E-state index is 0.210. The lowest BCUT2D eigenvalue weighted by Gasteiger charge is -2.29. The van der Waals surface area contributed by atoms with Gasteiger partial charge in [0.1, 0.15) is 0 Å². The number of nitrogens with zero attached hydrogens (tertiary/aromatic N) is 2. The molecule has 218 valence electrons. The quantitative estimate of drug-likeness (QED) is 0.197. The molecule has 7 aromatic carbocycles. The fourth-order valence-electron chi connectivity index (χ4n) is 7.33. The van der Waals surface area contributed by atoms with Crippen LogP contribution in [0.5, 0.6) is 0 Å². The molecule has 2 nitrogen and oxygen atoms in total. The minimum atomic E-state index is 0.210. The van der Waals surface area contributed by atoms with E-state index in [0.29, 0.717) is 0 Å². The van der Waals surface area contributed by atoms with Gasteiger partial charge in [0.2, 0.25) is 0 Å². The van der Waals surface area contributed by atoms with Gasteiger partial charge in [0, 0.05) is 34.4 Å².